The van der Waals surface area contributed by atoms with Gasteiger partial charge in [0.25, 0.3) is 0 Å². The van der Waals surface area contributed by atoms with Crippen LogP contribution >= 0.6 is 23.2 Å². The average Bonchev–Trinajstić information content (AvgIpc) is 2.82. The summed E-state index contributed by atoms with van der Waals surface area (Å²) in [4.78, 5) is 51.2. The third kappa shape index (κ3) is 3.94. The molecule has 7 nitrogen and oxygen atoms in total. The molecule has 1 heterocycles. The number of hydrogen-bond donors (Lipinski definition) is 1. The van der Waals surface area contributed by atoms with E-state index in [1.807, 2.05) is 6.92 Å². The standard InChI is InChI=1S/C18H19Cl2N3O4/c1-10-4-2-3-5-14(10)23-17(26)16(25)22(18(23)27)9-15(24)21-13-7-6-11(19)8-12(13)20/h6-8,10,14H,2-5,9H2,1H3,(H,21,24)/t10-,14-/m1/s1. The quantitative estimate of drug-likeness (QED) is 0.607. The molecule has 0 radical (unpaired) electrons. The Morgan fingerprint density at radius 1 is 1.15 bits per heavy atom. The summed E-state index contributed by atoms with van der Waals surface area (Å²) in [5, 5.41) is 3.15. The number of amides is 5. The van der Waals surface area contributed by atoms with Gasteiger partial charge in [-0.15, -0.1) is 0 Å². The number of halogens is 2. The molecule has 1 N–H and O–H groups in total. The normalized spacial score (nSPS) is 23.1. The average molecular weight is 412 g/mol. The first kappa shape index (κ1) is 19.6. The molecule has 2 atom stereocenters. The second-order valence-corrected chi connectivity index (χ2v) is 7.69. The first-order valence-corrected chi connectivity index (χ1v) is 9.49. The molecule has 1 aromatic rings. The summed E-state index contributed by atoms with van der Waals surface area (Å²) in [6, 6.07) is 3.48. The lowest BCUT2D eigenvalue weighted by Gasteiger charge is -2.34. The number of benzene rings is 1. The van der Waals surface area contributed by atoms with Gasteiger partial charge in [0, 0.05) is 11.1 Å². The zero-order valence-electron chi connectivity index (χ0n) is 14.7. The van der Waals surface area contributed by atoms with Gasteiger partial charge in [0.2, 0.25) is 5.91 Å². The van der Waals surface area contributed by atoms with Gasteiger partial charge in [-0.1, -0.05) is 43.0 Å². The van der Waals surface area contributed by atoms with Gasteiger partial charge in [0.1, 0.15) is 6.54 Å². The number of hydrogen-bond acceptors (Lipinski definition) is 4. The topological polar surface area (TPSA) is 86.8 Å². The summed E-state index contributed by atoms with van der Waals surface area (Å²) in [5.74, 6) is -2.35. The van der Waals surface area contributed by atoms with Crippen molar-refractivity contribution >= 4 is 52.6 Å². The lowest BCUT2D eigenvalue weighted by Crippen LogP contribution is -2.46. The van der Waals surface area contributed by atoms with Crippen LogP contribution in [-0.4, -0.2) is 46.1 Å². The summed E-state index contributed by atoms with van der Waals surface area (Å²) in [7, 11) is 0. The van der Waals surface area contributed by atoms with Crippen LogP contribution in [0.1, 0.15) is 32.6 Å². The van der Waals surface area contributed by atoms with E-state index in [4.69, 9.17) is 23.2 Å². The molecule has 1 saturated carbocycles. The summed E-state index contributed by atoms with van der Waals surface area (Å²) < 4.78 is 0. The summed E-state index contributed by atoms with van der Waals surface area (Å²) in [6.45, 7) is 1.41. The lowest BCUT2D eigenvalue weighted by atomic mass is 9.85. The molecule has 5 amide bonds. The maximum Gasteiger partial charge on any atom is 0.334 e. The minimum atomic E-state index is -0.977. The molecular weight excluding hydrogens is 393 g/mol. The Labute approximate surface area is 166 Å². The number of urea groups is 1. The molecule has 0 bridgehead atoms. The van der Waals surface area contributed by atoms with E-state index in [9.17, 15) is 19.2 Å². The number of nitrogens with one attached hydrogen (secondary N) is 1. The summed E-state index contributed by atoms with van der Waals surface area (Å²) >= 11 is 11.8. The summed E-state index contributed by atoms with van der Waals surface area (Å²) in [5.41, 5.74) is 0.300. The highest BCUT2D eigenvalue weighted by Gasteiger charge is 2.49. The Morgan fingerprint density at radius 3 is 2.52 bits per heavy atom. The van der Waals surface area contributed by atoms with Gasteiger partial charge in [0.05, 0.1) is 10.7 Å². The number of nitrogens with zero attached hydrogens (tertiary/aromatic N) is 2. The molecule has 9 heteroatoms. The SMILES string of the molecule is C[C@@H]1CCCC[C@H]1N1C(=O)C(=O)N(CC(=O)Nc2ccc(Cl)cc2Cl)C1=O. The van der Waals surface area contributed by atoms with Gasteiger partial charge < -0.3 is 5.32 Å². The van der Waals surface area contributed by atoms with Crippen molar-refractivity contribution in [3.05, 3.63) is 28.2 Å². The predicted octanol–water partition coefficient (Wildman–Crippen LogP) is 3.30. The number of carbonyl (C=O) groups excluding carboxylic acids is 4. The van der Waals surface area contributed by atoms with Gasteiger partial charge in [-0.2, -0.15) is 0 Å². The molecule has 27 heavy (non-hydrogen) atoms. The highest BCUT2D eigenvalue weighted by Crippen LogP contribution is 2.31. The minimum absolute atomic E-state index is 0.126. The van der Waals surface area contributed by atoms with Crippen LogP contribution in [0.25, 0.3) is 0 Å². The van der Waals surface area contributed by atoms with Crippen molar-refractivity contribution < 1.29 is 19.2 Å². The van der Waals surface area contributed by atoms with Crippen molar-refractivity contribution in [1.29, 1.82) is 0 Å². The molecule has 0 unspecified atom stereocenters. The van der Waals surface area contributed by atoms with E-state index < -0.39 is 30.3 Å². The molecule has 2 aliphatic rings. The van der Waals surface area contributed by atoms with E-state index in [0.717, 1.165) is 24.2 Å². The van der Waals surface area contributed by atoms with Crippen molar-refractivity contribution in [2.24, 2.45) is 5.92 Å². The Hall–Kier alpha value is -2.12. The molecule has 0 aromatic heterocycles. The molecule has 144 valence electrons. The fourth-order valence-corrected chi connectivity index (χ4v) is 4.01. The van der Waals surface area contributed by atoms with Crippen molar-refractivity contribution in [2.75, 3.05) is 11.9 Å². The number of anilines is 1. The van der Waals surface area contributed by atoms with Gasteiger partial charge in [-0.25, -0.2) is 9.69 Å². The lowest BCUT2D eigenvalue weighted by molar-refractivity contribution is -0.145. The van der Waals surface area contributed by atoms with E-state index in [2.05, 4.69) is 5.32 Å². The van der Waals surface area contributed by atoms with Crippen LogP contribution in [0.15, 0.2) is 18.2 Å². The van der Waals surface area contributed by atoms with Crippen LogP contribution in [0.5, 0.6) is 0 Å². The Kier molecular flexibility index (Phi) is 5.72. The molecule has 1 saturated heterocycles. The Bertz CT molecular complexity index is 814. The van der Waals surface area contributed by atoms with E-state index in [-0.39, 0.29) is 17.0 Å². The van der Waals surface area contributed by atoms with Gasteiger partial charge in [0.15, 0.2) is 0 Å². The van der Waals surface area contributed by atoms with Crippen molar-refractivity contribution in [3.8, 4) is 0 Å². The highest BCUT2D eigenvalue weighted by molar-refractivity contribution is 6.45. The smallest absolute Gasteiger partial charge is 0.323 e. The third-order valence-electron chi connectivity index (χ3n) is 4.99. The van der Waals surface area contributed by atoms with E-state index >= 15 is 0 Å². The maximum atomic E-state index is 12.7. The van der Waals surface area contributed by atoms with Crippen molar-refractivity contribution in [3.63, 3.8) is 0 Å². The fraction of sp³-hybridized carbons (Fsp3) is 0.444. The van der Waals surface area contributed by atoms with E-state index in [0.29, 0.717) is 22.0 Å². The van der Waals surface area contributed by atoms with Crippen LogP contribution in [-0.2, 0) is 14.4 Å². The zero-order valence-corrected chi connectivity index (χ0v) is 16.2. The molecular formula is C18H19Cl2N3O4. The fourth-order valence-electron chi connectivity index (χ4n) is 3.56. The number of carbonyl (C=O) groups is 4. The molecule has 1 aliphatic carbocycles. The van der Waals surface area contributed by atoms with Crippen LogP contribution in [0.3, 0.4) is 0 Å². The second kappa shape index (κ2) is 7.86. The third-order valence-corrected chi connectivity index (χ3v) is 5.54. The predicted molar refractivity (Wildman–Crippen MR) is 100 cm³/mol. The van der Waals surface area contributed by atoms with E-state index in [1.165, 1.54) is 12.1 Å². The monoisotopic (exact) mass is 411 g/mol. The van der Waals surface area contributed by atoms with Gasteiger partial charge in [-0.05, 0) is 37.0 Å². The first-order valence-electron chi connectivity index (χ1n) is 8.73. The number of rotatable bonds is 4. The van der Waals surface area contributed by atoms with Gasteiger partial charge >= 0.3 is 17.8 Å². The molecule has 3 rings (SSSR count). The zero-order chi connectivity index (χ0) is 19.7. The Balaban J connectivity index is 1.71. The van der Waals surface area contributed by atoms with Crippen LogP contribution < -0.4 is 5.32 Å². The molecule has 1 aromatic carbocycles. The van der Waals surface area contributed by atoms with Gasteiger partial charge in [-0.3, -0.25) is 19.3 Å². The first-order chi connectivity index (χ1) is 12.8. The van der Waals surface area contributed by atoms with Crippen molar-refractivity contribution in [1.82, 2.24) is 9.80 Å². The van der Waals surface area contributed by atoms with E-state index in [1.54, 1.807) is 6.07 Å². The van der Waals surface area contributed by atoms with Crippen LogP contribution in [0.2, 0.25) is 10.0 Å². The van der Waals surface area contributed by atoms with Crippen LogP contribution in [0.4, 0.5) is 10.5 Å². The molecule has 0 spiro atoms. The highest BCUT2D eigenvalue weighted by atomic mass is 35.5. The molecule has 2 fully saturated rings. The Morgan fingerprint density at radius 2 is 1.85 bits per heavy atom. The largest absolute Gasteiger partial charge is 0.334 e. The maximum absolute atomic E-state index is 12.7. The number of imide groups is 2. The minimum Gasteiger partial charge on any atom is -0.323 e. The van der Waals surface area contributed by atoms with Crippen molar-refractivity contribution in [2.45, 2.75) is 38.6 Å². The summed E-state index contributed by atoms with van der Waals surface area (Å²) in [6.07, 6.45) is 3.50. The second-order valence-electron chi connectivity index (χ2n) is 6.85. The van der Waals surface area contributed by atoms with Crippen LogP contribution in [0, 0.1) is 5.92 Å². The molecule has 1 aliphatic heterocycles.